The Morgan fingerprint density at radius 2 is 1.35 bits per heavy atom. The zero-order chi connectivity index (χ0) is 17.0. The Morgan fingerprint density at radius 3 is 1.83 bits per heavy atom. The van der Waals surface area contributed by atoms with Crippen molar-refractivity contribution in [3.8, 4) is 23.0 Å². The summed E-state index contributed by atoms with van der Waals surface area (Å²) in [7, 11) is 1.46. The number of aromatic hydroxyl groups is 2. The molecule has 3 N–H and O–H groups in total. The van der Waals surface area contributed by atoms with Gasteiger partial charge in [0.05, 0.1) is 0 Å². The molecule has 0 aromatic heterocycles. The number of Topliss-reactive ketones (excluding diaryl/α,β-unsaturated/α-hetero) is 1. The fourth-order valence-corrected chi connectivity index (χ4v) is 1.84. The van der Waals surface area contributed by atoms with Crippen molar-refractivity contribution in [3.05, 3.63) is 47.5 Å². The summed E-state index contributed by atoms with van der Waals surface area (Å²) in [6, 6.07) is 7.84. The molecule has 0 spiro atoms. The van der Waals surface area contributed by atoms with Crippen LogP contribution >= 0.6 is 0 Å². The lowest BCUT2D eigenvalue weighted by molar-refractivity contribution is -0.100. The van der Waals surface area contributed by atoms with Crippen molar-refractivity contribution in [2.75, 3.05) is 7.05 Å². The Labute approximate surface area is 132 Å². The van der Waals surface area contributed by atoms with Crippen LogP contribution < -0.4 is 15.1 Å². The van der Waals surface area contributed by atoms with Crippen LogP contribution in [0.5, 0.6) is 23.0 Å². The Morgan fingerprint density at radius 1 is 0.870 bits per heavy atom. The maximum absolute atomic E-state index is 11.6. The minimum atomic E-state index is -0.401. The van der Waals surface area contributed by atoms with Gasteiger partial charge in [0, 0.05) is 30.3 Å². The first-order valence-electron chi connectivity index (χ1n) is 6.64. The maximum Gasteiger partial charge on any atom is 0.251 e. The number of ketones is 1. The molecule has 0 aliphatic heterocycles. The van der Waals surface area contributed by atoms with Gasteiger partial charge >= 0.3 is 0 Å². The van der Waals surface area contributed by atoms with E-state index in [1.54, 1.807) is 0 Å². The second-order valence-electron chi connectivity index (χ2n) is 4.73. The average Bonchev–Trinajstić information content (AvgIpc) is 2.51. The van der Waals surface area contributed by atoms with Gasteiger partial charge in [0.25, 0.3) is 5.91 Å². The number of benzene rings is 2. The van der Waals surface area contributed by atoms with Gasteiger partial charge < -0.3 is 15.5 Å². The minimum Gasteiger partial charge on any atom is -0.508 e. The van der Waals surface area contributed by atoms with Crippen molar-refractivity contribution in [2.24, 2.45) is 0 Å². The number of hydrogen-bond donors (Lipinski definition) is 3. The summed E-state index contributed by atoms with van der Waals surface area (Å²) in [6.45, 7) is 1.35. The second kappa shape index (κ2) is 6.69. The van der Waals surface area contributed by atoms with Gasteiger partial charge in [-0.15, -0.1) is 0 Å². The number of rotatable bonds is 5. The van der Waals surface area contributed by atoms with Crippen molar-refractivity contribution in [2.45, 2.75) is 6.92 Å². The highest BCUT2D eigenvalue weighted by Gasteiger charge is 2.10. The first-order valence-corrected chi connectivity index (χ1v) is 6.64. The molecule has 0 unspecified atom stereocenters. The van der Waals surface area contributed by atoms with E-state index < -0.39 is 5.91 Å². The fraction of sp³-hybridized carbons (Fsp3) is 0.125. The lowest BCUT2D eigenvalue weighted by Gasteiger charge is -2.09. The van der Waals surface area contributed by atoms with E-state index >= 15 is 0 Å². The first kappa shape index (κ1) is 16.2. The zero-order valence-electron chi connectivity index (χ0n) is 12.5. The summed E-state index contributed by atoms with van der Waals surface area (Å²) in [5.74, 6) is -0.799. The lowest BCUT2D eigenvalue weighted by Crippen LogP contribution is -2.17. The monoisotopic (exact) mass is 317 g/mol. The van der Waals surface area contributed by atoms with Crippen molar-refractivity contribution in [1.82, 2.24) is 5.32 Å². The molecule has 0 saturated heterocycles. The molecule has 0 saturated carbocycles. The van der Waals surface area contributed by atoms with E-state index in [1.807, 2.05) is 0 Å². The maximum atomic E-state index is 11.6. The van der Waals surface area contributed by atoms with E-state index in [4.69, 9.17) is 9.78 Å². The van der Waals surface area contributed by atoms with Crippen molar-refractivity contribution < 1.29 is 29.6 Å². The average molecular weight is 317 g/mol. The quantitative estimate of drug-likeness (QED) is 0.443. The van der Waals surface area contributed by atoms with Crippen LogP contribution in [-0.2, 0) is 0 Å². The Balaban J connectivity index is 2.19. The van der Waals surface area contributed by atoms with Crippen LogP contribution in [-0.4, -0.2) is 29.0 Å². The Bertz CT molecular complexity index is 756. The van der Waals surface area contributed by atoms with Gasteiger partial charge in [-0.3, -0.25) is 19.4 Å². The summed E-state index contributed by atoms with van der Waals surface area (Å²) < 4.78 is 0. The molecule has 2 rings (SSSR count). The molecule has 0 radical (unpaired) electrons. The third-order valence-corrected chi connectivity index (χ3v) is 2.91. The van der Waals surface area contributed by atoms with E-state index in [9.17, 15) is 19.8 Å². The molecule has 0 bridgehead atoms. The lowest BCUT2D eigenvalue weighted by atomic mass is 10.1. The van der Waals surface area contributed by atoms with Crippen LogP contribution in [0.4, 0.5) is 0 Å². The van der Waals surface area contributed by atoms with Gasteiger partial charge in [0.1, 0.15) is 11.5 Å². The van der Waals surface area contributed by atoms with Crippen LogP contribution in [0, 0.1) is 0 Å². The molecule has 2 aromatic rings. The van der Waals surface area contributed by atoms with E-state index in [0.717, 1.165) is 0 Å². The van der Waals surface area contributed by atoms with Crippen molar-refractivity contribution >= 4 is 11.7 Å². The van der Waals surface area contributed by atoms with Crippen LogP contribution in [0.25, 0.3) is 0 Å². The number of nitrogens with one attached hydrogen (secondary N) is 1. The number of amides is 1. The van der Waals surface area contributed by atoms with Gasteiger partial charge in [0.2, 0.25) is 0 Å². The molecule has 0 heterocycles. The molecule has 7 nitrogen and oxygen atoms in total. The molecular weight excluding hydrogens is 302 g/mol. The largest absolute Gasteiger partial charge is 0.508 e. The van der Waals surface area contributed by atoms with Crippen molar-refractivity contribution in [1.29, 1.82) is 0 Å². The summed E-state index contributed by atoms with van der Waals surface area (Å²) in [5, 5.41) is 21.6. The van der Waals surface area contributed by atoms with E-state index in [1.165, 1.54) is 50.4 Å². The molecule has 23 heavy (non-hydrogen) atoms. The molecule has 120 valence electrons. The molecule has 7 heteroatoms. The van der Waals surface area contributed by atoms with Crippen molar-refractivity contribution in [3.63, 3.8) is 0 Å². The highest BCUT2D eigenvalue weighted by Crippen LogP contribution is 2.25. The minimum absolute atomic E-state index is 0.0799. The van der Waals surface area contributed by atoms with Gasteiger partial charge in [-0.1, -0.05) is 0 Å². The van der Waals surface area contributed by atoms with Crippen LogP contribution in [0.2, 0.25) is 0 Å². The zero-order valence-corrected chi connectivity index (χ0v) is 12.5. The SMILES string of the molecule is CNC(=O)c1cc(O)cc(OOc2cc(O)cc(C(C)=O)c2)c1. The number of hydrogen-bond acceptors (Lipinski definition) is 6. The molecule has 0 fully saturated rings. The van der Waals surface area contributed by atoms with E-state index in [0.29, 0.717) is 0 Å². The fourth-order valence-electron chi connectivity index (χ4n) is 1.84. The normalized spacial score (nSPS) is 10.0. The van der Waals surface area contributed by atoms with Gasteiger partial charge in [-0.25, -0.2) is 0 Å². The molecule has 0 aliphatic carbocycles. The van der Waals surface area contributed by atoms with E-state index in [-0.39, 0.29) is 39.9 Å². The number of carbonyl (C=O) groups is 2. The third kappa shape index (κ3) is 4.13. The van der Waals surface area contributed by atoms with Gasteiger partial charge in [-0.05, 0) is 31.2 Å². The predicted molar refractivity (Wildman–Crippen MR) is 80.9 cm³/mol. The molecule has 2 aromatic carbocycles. The summed E-state index contributed by atoms with van der Waals surface area (Å²) in [4.78, 5) is 33.0. The highest BCUT2D eigenvalue weighted by molar-refractivity contribution is 5.95. The molecule has 0 aliphatic rings. The molecular formula is C16H15NO6. The smallest absolute Gasteiger partial charge is 0.251 e. The standard InChI is InChI=1S/C16H15NO6/c1-9(18)10-3-12(19)7-14(5-10)22-23-15-6-11(16(21)17-2)4-13(20)8-15/h3-8,19-20H,1-2H3,(H,17,21). The first-order chi connectivity index (χ1) is 10.9. The van der Waals surface area contributed by atoms with Gasteiger partial charge in [-0.2, -0.15) is 0 Å². The summed E-state index contributed by atoms with van der Waals surface area (Å²) in [6.07, 6.45) is 0. The van der Waals surface area contributed by atoms with Crippen LogP contribution in [0.3, 0.4) is 0 Å². The Hall–Kier alpha value is -3.22. The third-order valence-electron chi connectivity index (χ3n) is 2.91. The number of phenolic OH excluding ortho intramolecular Hbond substituents is 2. The van der Waals surface area contributed by atoms with E-state index in [2.05, 4.69) is 5.32 Å². The summed E-state index contributed by atoms with van der Waals surface area (Å²) in [5.41, 5.74) is 0.442. The Kier molecular flexibility index (Phi) is 4.70. The second-order valence-corrected chi connectivity index (χ2v) is 4.73. The van der Waals surface area contributed by atoms with Crippen LogP contribution in [0.1, 0.15) is 27.6 Å². The molecule has 0 atom stereocenters. The predicted octanol–water partition coefficient (Wildman–Crippen LogP) is 2.03. The number of carbonyl (C=O) groups excluding carboxylic acids is 2. The summed E-state index contributed by atoms with van der Waals surface area (Å²) >= 11 is 0. The topological polar surface area (TPSA) is 105 Å². The molecule has 1 amide bonds. The van der Waals surface area contributed by atoms with Crippen LogP contribution in [0.15, 0.2) is 36.4 Å². The van der Waals surface area contributed by atoms with Gasteiger partial charge in [0.15, 0.2) is 17.3 Å². The number of phenols is 2. The highest BCUT2D eigenvalue weighted by atomic mass is 17.2.